The van der Waals surface area contributed by atoms with Crippen LogP contribution in [0.5, 0.6) is 0 Å². The SMILES string of the molecule is CCCCCCC1(CCCCCC)c2cc(-c3ccc(C=C4C(=O)C=CC4=O)s3)ccc2-c2ccc(-c3ccc(C=C4C(=O)C=CC4=O)s3)cc21. The summed E-state index contributed by atoms with van der Waals surface area (Å²) in [6.45, 7) is 4.53. The van der Waals surface area contributed by atoms with Crippen molar-refractivity contribution in [1.82, 2.24) is 0 Å². The largest absolute Gasteiger partial charge is 0.289 e. The third kappa shape index (κ3) is 6.92. The highest BCUT2D eigenvalue weighted by atomic mass is 32.1. The van der Waals surface area contributed by atoms with Crippen LogP contribution in [0.4, 0.5) is 0 Å². The molecule has 258 valence electrons. The highest BCUT2D eigenvalue weighted by molar-refractivity contribution is 7.16. The first kappa shape index (κ1) is 34.9. The molecule has 0 fully saturated rings. The molecule has 0 N–H and O–H groups in total. The van der Waals surface area contributed by atoms with Gasteiger partial charge in [0.2, 0.25) is 0 Å². The highest BCUT2D eigenvalue weighted by Crippen LogP contribution is 2.56. The third-order valence-corrected chi connectivity index (χ3v) is 12.7. The lowest BCUT2D eigenvalue weighted by Gasteiger charge is -2.33. The van der Waals surface area contributed by atoms with Gasteiger partial charge in [-0.1, -0.05) is 89.5 Å². The van der Waals surface area contributed by atoms with E-state index in [0.29, 0.717) is 0 Å². The lowest BCUT2D eigenvalue weighted by molar-refractivity contribution is -0.116. The number of ketones is 4. The maximum absolute atomic E-state index is 12.2. The molecule has 0 spiro atoms. The minimum atomic E-state index is -0.229. The number of hydrogen-bond acceptors (Lipinski definition) is 6. The van der Waals surface area contributed by atoms with Crippen molar-refractivity contribution < 1.29 is 19.2 Å². The van der Waals surface area contributed by atoms with Crippen molar-refractivity contribution in [2.45, 2.75) is 83.5 Å². The molecule has 2 aromatic heterocycles. The highest BCUT2D eigenvalue weighted by Gasteiger charge is 2.42. The Morgan fingerprint density at radius 3 is 1.31 bits per heavy atom. The van der Waals surface area contributed by atoms with Gasteiger partial charge in [-0.2, -0.15) is 0 Å². The van der Waals surface area contributed by atoms with E-state index < -0.39 is 0 Å². The summed E-state index contributed by atoms with van der Waals surface area (Å²) in [5, 5.41) is 0. The van der Waals surface area contributed by atoms with Gasteiger partial charge in [-0.3, -0.25) is 19.2 Å². The molecule has 2 heterocycles. The molecule has 0 bridgehead atoms. The third-order valence-electron chi connectivity index (χ3n) is 10.5. The van der Waals surface area contributed by atoms with E-state index >= 15 is 0 Å². The zero-order valence-corrected chi connectivity index (χ0v) is 30.9. The topological polar surface area (TPSA) is 68.3 Å². The number of benzene rings is 2. The van der Waals surface area contributed by atoms with Crippen LogP contribution in [0.15, 0.2) is 96.1 Å². The molecule has 0 saturated heterocycles. The van der Waals surface area contributed by atoms with Crippen molar-refractivity contribution in [2.24, 2.45) is 0 Å². The van der Waals surface area contributed by atoms with Crippen molar-refractivity contribution in [1.29, 1.82) is 0 Å². The lowest BCUT2D eigenvalue weighted by Crippen LogP contribution is -2.25. The molecule has 6 heteroatoms. The van der Waals surface area contributed by atoms with Gasteiger partial charge in [0.1, 0.15) is 0 Å². The molecule has 3 aliphatic carbocycles. The molecule has 0 aliphatic heterocycles. The van der Waals surface area contributed by atoms with Crippen LogP contribution in [0.3, 0.4) is 0 Å². The molecule has 0 atom stereocenters. The average Bonchev–Trinajstić information content (AvgIpc) is 3.97. The van der Waals surface area contributed by atoms with E-state index in [-0.39, 0.29) is 39.7 Å². The molecular weight excluding hydrogens is 669 g/mol. The monoisotopic (exact) mass is 710 g/mol. The lowest BCUT2D eigenvalue weighted by atomic mass is 9.70. The zero-order valence-electron chi connectivity index (χ0n) is 29.3. The normalized spacial score (nSPS) is 15.7. The zero-order chi connectivity index (χ0) is 35.5. The van der Waals surface area contributed by atoms with Gasteiger partial charge in [0.15, 0.2) is 23.1 Å². The van der Waals surface area contributed by atoms with Crippen molar-refractivity contribution >= 4 is 58.0 Å². The Labute approximate surface area is 308 Å². The fourth-order valence-electron chi connectivity index (χ4n) is 7.82. The predicted molar refractivity (Wildman–Crippen MR) is 211 cm³/mol. The van der Waals surface area contributed by atoms with E-state index in [2.05, 4.69) is 62.4 Å². The minimum Gasteiger partial charge on any atom is -0.289 e. The quantitative estimate of drug-likeness (QED) is 0.0742. The molecule has 0 unspecified atom stereocenters. The van der Waals surface area contributed by atoms with E-state index in [0.717, 1.165) is 56.3 Å². The van der Waals surface area contributed by atoms with Gasteiger partial charge >= 0.3 is 0 Å². The Kier molecular flexibility index (Phi) is 10.3. The van der Waals surface area contributed by atoms with Gasteiger partial charge in [-0.05, 0) is 119 Å². The Bertz CT molecular complexity index is 1970. The smallest absolute Gasteiger partial charge is 0.189 e. The molecule has 2 aromatic carbocycles. The Balaban J connectivity index is 1.29. The first-order chi connectivity index (χ1) is 24.8. The Morgan fingerprint density at radius 2 is 0.922 bits per heavy atom. The number of fused-ring (bicyclic) bond motifs is 3. The van der Waals surface area contributed by atoms with E-state index in [9.17, 15) is 19.2 Å². The van der Waals surface area contributed by atoms with Crippen LogP contribution in [0, 0.1) is 0 Å². The summed E-state index contributed by atoms with van der Waals surface area (Å²) >= 11 is 3.22. The molecule has 0 amide bonds. The second kappa shape index (κ2) is 15.0. The van der Waals surface area contributed by atoms with Gasteiger partial charge in [0.25, 0.3) is 0 Å². The molecule has 4 aromatic rings. The summed E-state index contributed by atoms with van der Waals surface area (Å²) in [6.07, 6.45) is 20.6. The first-order valence-corrected chi connectivity index (χ1v) is 19.9. The fraction of sp³-hybridized carbons (Fsp3) is 0.289. The van der Waals surface area contributed by atoms with Crippen LogP contribution in [-0.2, 0) is 24.6 Å². The molecule has 0 radical (unpaired) electrons. The van der Waals surface area contributed by atoms with Gasteiger partial charge in [-0.15, -0.1) is 22.7 Å². The first-order valence-electron chi connectivity index (χ1n) is 18.3. The number of thiophene rings is 2. The van der Waals surface area contributed by atoms with Crippen LogP contribution in [-0.4, -0.2) is 23.1 Å². The van der Waals surface area contributed by atoms with Crippen molar-refractivity contribution in [3.8, 4) is 32.0 Å². The number of rotatable bonds is 14. The standard InChI is InChI=1S/C45H42O4S2/c1-3-5-7-9-23-45(24-10-8-6-4-2)37-25-29(43-21-13-31(50-43)27-35-39(46)17-18-40(35)47)11-15-33(37)34-16-12-30(26-38(34)45)44-22-14-32(51-44)28-36-41(48)19-20-42(36)49/h11-22,25-28H,3-10,23-24H2,1-2H3. The van der Waals surface area contributed by atoms with Gasteiger partial charge in [-0.25, -0.2) is 0 Å². The summed E-state index contributed by atoms with van der Waals surface area (Å²) in [5.74, 6) is -0.916. The molecular formula is C45H42O4S2. The van der Waals surface area contributed by atoms with Crippen LogP contribution >= 0.6 is 22.7 Å². The van der Waals surface area contributed by atoms with Crippen molar-refractivity contribution in [2.75, 3.05) is 0 Å². The predicted octanol–water partition coefficient (Wildman–Crippen LogP) is 11.5. The number of unbranched alkanes of at least 4 members (excludes halogenated alkanes) is 6. The van der Waals surface area contributed by atoms with Crippen LogP contribution in [0.25, 0.3) is 44.2 Å². The maximum atomic E-state index is 12.2. The van der Waals surface area contributed by atoms with Crippen molar-refractivity contribution in [3.05, 3.63) is 117 Å². The summed E-state index contributed by atoms with van der Waals surface area (Å²) in [5.41, 5.74) is 8.08. The summed E-state index contributed by atoms with van der Waals surface area (Å²) in [7, 11) is 0. The molecule has 0 saturated carbocycles. The van der Waals surface area contributed by atoms with E-state index in [1.165, 1.54) is 85.1 Å². The molecule has 7 rings (SSSR count). The number of hydrogen-bond donors (Lipinski definition) is 0. The minimum absolute atomic E-state index is 0.120. The van der Waals surface area contributed by atoms with E-state index in [1.807, 2.05) is 12.1 Å². The number of carbonyl (C=O) groups excluding carboxylic acids is 4. The maximum Gasteiger partial charge on any atom is 0.189 e. The van der Waals surface area contributed by atoms with Crippen LogP contribution in [0.2, 0.25) is 0 Å². The average molecular weight is 711 g/mol. The summed E-state index contributed by atoms with van der Waals surface area (Å²) in [4.78, 5) is 53.0. The Morgan fingerprint density at radius 1 is 0.510 bits per heavy atom. The summed E-state index contributed by atoms with van der Waals surface area (Å²) in [6, 6.07) is 22.1. The van der Waals surface area contributed by atoms with Crippen LogP contribution in [0.1, 0.15) is 98.9 Å². The van der Waals surface area contributed by atoms with Crippen molar-refractivity contribution in [3.63, 3.8) is 0 Å². The van der Waals surface area contributed by atoms with Crippen LogP contribution < -0.4 is 0 Å². The second-order valence-electron chi connectivity index (χ2n) is 13.9. The molecule has 3 aliphatic rings. The molecule has 4 nitrogen and oxygen atoms in total. The number of carbonyl (C=O) groups is 4. The van der Waals surface area contributed by atoms with Gasteiger partial charge in [0.05, 0.1) is 11.1 Å². The van der Waals surface area contributed by atoms with Gasteiger partial charge in [0, 0.05) is 24.9 Å². The molecule has 51 heavy (non-hydrogen) atoms. The van der Waals surface area contributed by atoms with Gasteiger partial charge < -0.3 is 0 Å². The fourth-order valence-corrected chi connectivity index (χ4v) is 9.71. The van der Waals surface area contributed by atoms with E-state index in [4.69, 9.17) is 0 Å². The summed E-state index contributed by atoms with van der Waals surface area (Å²) < 4.78 is 0. The Hall–Kier alpha value is -4.52. The van der Waals surface area contributed by atoms with E-state index in [1.54, 1.807) is 34.8 Å². The second-order valence-corrected chi connectivity index (χ2v) is 16.1. The number of allylic oxidation sites excluding steroid dienone is 6.